The van der Waals surface area contributed by atoms with Gasteiger partial charge in [0.1, 0.15) is 5.69 Å². The number of likely N-dealkylation sites (N-methyl/N-ethyl adjacent to an activating group) is 1. The van der Waals surface area contributed by atoms with Crippen molar-refractivity contribution in [2.24, 2.45) is 13.0 Å². The Balaban J connectivity index is 2.12. The van der Waals surface area contributed by atoms with Crippen LogP contribution in [0.25, 0.3) is 0 Å². The molecule has 1 aromatic rings. The number of ketones is 1. The largest absolute Gasteiger partial charge is 0.379 e. The summed E-state index contributed by atoms with van der Waals surface area (Å²) in [5.41, 5.74) is 0.651. The Kier molecular flexibility index (Phi) is 3.36. The summed E-state index contributed by atoms with van der Waals surface area (Å²) in [7, 11) is 1.78. The van der Waals surface area contributed by atoms with Crippen molar-refractivity contribution in [1.29, 1.82) is 0 Å². The van der Waals surface area contributed by atoms with Crippen LogP contribution in [-0.2, 0) is 11.8 Å². The first-order valence-electron chi connectivity index (χ1n) is 5.57. The van der Waals surface area contributed by atoms with Gasteiger partial charge in [0.05, 0.1) is 19.1 Å². The number of hydrogen-bond acceptors (Lipinski definition) is 4. The summed E-state index contributed by atoms with van der Waals surface area (Å²) in [6.07, 6.45) is 1.64. The maximum absolute atomic E-state index is 12.2. The molecule has 1 aliphatic rings. The number of aryl methyl sites for hydroxylation is 1. The highest BCUT2D eigenvalue weighted by Crippen LogP contribution is 2.18. The molecule has 5 nitrogen and oxygen atoms in total. The molecule has 1 saturated heterocycles. The lowest BCUT2D eigenvalue weighted by molar-refractivity contribution is 0.0882. The van der Waals surface area contributed by atoms with Gasteiger partial charge in [0, 0.05) is 19.3 Å². The molecular weight excluding hydrogens is 206 g/mol. The first kappa shape index (κ1) is 11.3. The highest BCUT2D eigenvalue weighted by atomic mass is 16.5. The number of nitrogens with zero attached hydrogens (tertiary/aromatic N) is 2. The van der Waals surface area contributed by atoms with E-state index in [2.05, 4.69) is 10.4 Å². The van der Waals surface area contributed by atoms with E-state index in [1.165, 1.54) is 0 Å². The molecule has 2 heterocycles. The lowest BCUT2D eigenvalue weighted by atomic mass is 9.96. The summed E-state index contributed by atoms with van der Waals surface area (Å²) >= 11 is 0. The zero-order chi connectivity index (χ0) is 11.5. The third-order valence-corrected chi connectivity index (χ3v) is 2.96. The van der Waals surface area contributed by atoms with Crippen LogP contribution in [0, 0.1) is 5.92 Å². The van der Waals surface area contributed by atoms with Gasteiger partial charge in [-0.1, -0.05) is 6.92 Å². The van der Waals surface area contributed by atoms with E-state index in [1.54, 1.807) is 24.0 Å². The zero-order valence-corrected chi connectivity index (χ0v) is 9.64. The number of hydrogen-bond donors (Lipinski definition) is 1. The number of aromatic nitrogens is 2. The minimum absolute atomic E-state index is 0.0876. The van der Waals surface area contributed by atoms with E-state index in [0.29, 0.717) is 18.9 Å². The van der Waals surface area contributed by atoms with Crippen molar-refractivity contribution in [3.05, 3.63) is 18.0 Å². The quantitative estimate of drug-likeness (QED) is 0.742. The molecule has 88 valence electrons. The Hall–Kier alpha value is -1.20. The molecule has 1 N–H and O–H groups in total. The maximum atomic E-state index is 12.2. The van der Waals surface area contributed by atoms with Gasteiger partial charge in [-0.2, -0.15) is 5.10 Å². The second kappa shape index (κ2) is 4.76. The van der Waals surface area contributed by atoms with Gasteiger partial charge in [-0.05, 0) is 12.6 Å². The fourth-order valence-corrected chi connectivity index (χ4v) is 2.08. The number of carbonyl (C=O) groups is 1. The van der Waals surface area contributed by atoms with Gasteiger partial charge in [0.25, 0.3) is 0 Å². The van der Waals surface area contributed by atoms with Crippen LogP contribution in [-0.4, -0.2) is 41.4 Å². The molecule has 16 heavy (non-hydrogen) atoms. The van der Waals surface area contributed by atoms with Crippen molar-refractivity contribution in [2.75, 3.05) is 19.8 Å². The summed E-state index contributed by atoms with van der Waals surface area (Å²) in [5, 5.41) is 7.30. The van der Waals surface area contributed by atoms with Crippen LogP contribution in [0.1, 0.15) is 17.4 Å². The lowest BCUT2D eigenvalue weighted by Gasteiger charge is -2.16. The Morgan fingerprint density at radius 3 is 3.12 bits per heavy atom. The van der Waals surface area contributed by atoms with E-state index in [0.717, 1.165) is 6.54 Å². The Morgan fingerprint density at radius 2 is 2.50 bits per heavy atom. The van der Waals surface area contributed by atoms with E-state index < -0.39 is 0 Å². The molecule has 0 aliphatic carbocycles. The molecule has 0 bridgehead atoms. The fraction of sp³-hybridized carbons (Fsp3) is 0.636. The Bertz CT molecular complexity index is 375. The topological polar surface area (TPSA) is 56.1 Å². The predicted octanol–water partition coefficient (Wildman–Crippen LogP) is 0.227. The molecule has 2 rings (SSSR count). The lowest BCUT2D eigenvalue weighted by Crippen LogP contribution is -2.39. The van der Waals surface area contributed by atoms with E-state index in [4.69, 9.17) is 4.74 Å². The Morgan fingerprint density at radius 1 is 1.69 bits per heavy atom. The number of carbonyl (C=O) groups excluding carboxylic acids is 1. The van der Waals surface area contributed by atoms with Crippen molar-refractivity contribution in [3.8, 4) is 0 Å². The van der Waals surface area contributed by atoms with Gasteiger partial charge in [0.15, 0.2) is 5.78 Å². The van der Waals surface area contributed by atoms with Gasteiger partial charge in [-0.25, -0.2) is 0 Å². The molecule has 2 atom stereocenters. The van der Waals surface area contributed by atoms with Crippen molar-refractivity contribution >= 4 is 5.78 Å². The molecule has 0 spiro atoms. The summed E-state index contributed by atoms with van der Waals surface area (Å²) in [5.74, 6) is 0.0267. The average Bonchev–Trinajstić information content (AvgIpc) is 2.87. The van der Waals surface area contributed by atoms with Gasteiger partial charge in [-0.15, -0.1) is 0 Å². The van der Waals surface area contributed by atoms with Gasteiger partial charge < -0.3 is 10.1 Å². The molecule has 1 fully saturated rings. The monoisotopic (exact) mass is 223 g/mol. The van der Waals surface area contributed by atoms with Gasteiger partial charge >= 0.3 is 0 Å². The standard InChI is InChI=1S/C11H17N3O2/c1-3-12-9-7-16-6-8(9)11(15)10-4-5-13-14(10)2/h4-5,8-9,12H,3,6-7H2,1-2H3. The van der Waals surface area contributed by atoms with E-state index in [9.17, 15) is 4.79 Å². The van der Waals surface area contributed by atoms with Crippen LogP contribution in [0.5, 0.6) is 0 Å². The molecule has 5 heteroatoms. The minimum atomic E-state index is -0.0876. The minimum Gasteiger partial charge on any atom is -0.379 e. The van der Waals surface area contributed by atoms with E-state index in [1.807, 2.05) is 6.92 Å². The van der Waals surface area contributed by atoms with E-state index in [-0.39, 0.29) is 17.7 Å². The van der Waals surface area contributed by atoms with E-state index >= 15 is 0 Å². The second-order valence-corrected chi connectivity index (χ2v) is 4.01. The number of nitrogens with one attached hydrogen (secondary N) is 1. The molecular formula is C11H17N3O2. The van der Waals surface area contributed by atoms with Crippen LogP contribution < -0.4 is 5.32 Å². The highest BCUT2D eigenvalue weighted by molar-refractivity contribution is 5.97. The van der Waals surface area contributed by atoms with Crippen molar-refractivity contribution < 1.29 is 9.53 Å². The summed E-state index contributed by atoms with van der Waals surface area (Å²) < 4.78 is 6.98. The number of ether oxygens (including phenoxy) is 1. The molecule has 0 amide bonds. The molecule has 0 aromatic carbocycles. The maximum Gasteiger partial charge on any atom is 0.187 e. The average molecular weight is 223 g/mol. The van der Waals surface area contributed by atoms with Crippen molar-refractivity contribution in [2.45, 2.75) is 13.0 Å². The van der Waals surface area contributed by atoms with Crippen LogP contribution in [0.15, 0.2) is 12.3 Å². The Labute approximate surface area is 94.8 Å². The van der Waals surface area contributed by atoms with Crippen LogP contribution in [0.2, 0.25) is 0 Å². The zero-order valence-electron chi connectivity index (χ0n) is 9.64. The molecule has 1 aromatic heterocycles. The third-order valence-electron chi connectivity index (χ3n) is 2.96. The van der Waals surface area contributed by atoms with Crippen LogP contribution in [0.3, 0.4) is 0 Å². The summed E-state index contributed by atoms with van der Waals surface area (Å²) in [4.78, 5) is 12.2. The van der Waals surface area contributed by atoms with Gasteiger partial charge in [-0.3, -0.25) is 9.48 Å². The normalized spacial score (nSPS) is 24.9. The number of Topliss-reactive ketones (excluding diaryl/α,β-unsaturated/α-hetero) is 1. The predicted molar refractivity (Wildman–Crippen MR) is 59.3 cm³/mol. The molecule has 2 unspecified atom stereocenters. The van der Waals surface area contributed by atoms with Gasteiger partial charge in [0.2, 0.25) is 0 Å². The van der Waals surface area contributed by atoms with Crippen molar-refractivity contribution in [1.82, 2.24) is 15.1 Å². The summed E-state index contributed by atoms with van der Waals surface area (Å²) in [6, 6.07) is 1.89. The fourth-order valence-electron chi connectivity index (χ4n) is 2.08. The molecule has 0 saturated carbocycles. The molecule has 0 radical (unpaired) electrons. The molecule has 1 aliphatic heterocycles. The van der Waals surface area contributed by atoms with Crippen LogP contribution in [0.4, 0.5) is 0 Å². The summed E-state index contributed by atoms with van der Waals surface area (Å²) in [6.45, 7) is 4.00. The first-order valence-corrected chi connectivity index (χ1v) is 5.57. The number of rotatable bonds is 4. The first-order chi connectivity index (χ1) is 7.74. The SMILES string of the molecule is CCNC1COCC1C(=O)c1ccnn1C. The smallest absolute Gasteiger partial charge is 0.187 e. The highest BCUT2D eigenvalue weighted by Gasteiger charge is 2.34. The van der Waals surface area contributed by atoms with Crippen molar-refractivity contribution in [3.63, 3.8) is 0 Å². The third kappa shape index (κ3) is 2.01. The van der Waals surface area contributed by atoms with Crippen LogP contribution >= 0.6 is 0 Å². The second-order valence-electron chi connectivity index (χ2n) is 4.01.